The molecule has 2 unspecified atom stereocenters. The first kappa shape index (κ1) is 23.9. The molecular weight excluding hydrogens is 413 g/mol. The van der Waals surface area contributed by atoms with Crippen LogP contribution in [0.2, 0.25) is 0 Å². The van der Waals surface area contributed by atoms with Crippen molar-refractivity contribution >= 4 is 31.2 Å². The van der Waals surface area contributed by atoms with Crippen LogP contribution in [0.3, 0.4) is 0 Å². The number of carbonyl (C=O) groups is 2. The Morgan fingerprint density at radius 1 is 1.24 bits per heavy atom. The van der Waals surface area contributed by atoms with Crippen LogP contribution in [0.4, 0.5) is 0 Å². The Morgan fingerprint density at radius 2 is 1.93 bits per heavy atom. The second-order valence-corrected chi connectivity index (χ2v) is 10.4. The molecule has 162 valence electrons. The molecule has 2 rings (SSSR count). The average Bonchev–Trinajstić information content (AvgIpc) is 2.82. The first-order chi connectivity index (χ1) is 13.8. The van der Waals surface area contributed by atoms with Gasteiger partial charge in [0.1, 0.15) is 11.9 Å². The number of rotatable bonds is 11. The summed E-state index contributed by atoms with van der Waals surface area (Å²) < 4.78 is 12.6. The van der Waals surface area contributed by atoms with Gasteiger partial charge in [-0.15, -0.1) is 11.8 Å². The largest absolute Gasteiger partial charge is 0.480 e. The molecule has 1 aromatic rings. The number of carboxylic acid groups (broad SMARTS) is 1. The van der Waals surface area contributed by atoms with Crippen molar-refractivity contribution in [3.8, 4) is 0 Å². The maximum Gasteiger partial charge on any atom is 0.323 e. The van der Waals surface area contributed by atoms with Gasteiger partial charge in [0.15, 0.2) is 0 Å². The summed E-state index contributed by atoms with van der Waals surface area (Å²) in [5.41, 5.74) is 6.28. The van der Waals surface area contributed by atoms with Crippen molar-refractivity contribution in [2.75, 3.05) is 25.0 Å². The minimum atomic E-state index is -3.70. The molecule has 1 fully saturated rings. The Hall–Kier alpha value is -1.38. The summed E-state index contributed by atoms with van der Waals surface area (Å²) in [7, 11) is -3.70. The maximum absolute atomic E-state index is 13.1. The van der Waals surface area contributed by atoms with E-state index < -0.39 is 37.4 Å². The minimum Gasteiger partial charge on any atom is -0.480 e. The van der Waals surface area contributed by atoms with Crippen LogP contribution in [-0.2, 0) is 14.2 Å². The maximum atomic E-state index is 13.1. The summed E-state index contributed by atoms with van der Waals surface area (Å²) in [5.74, 6) is -1.01. The van der Waals surface area contributed by atoms with Crippen molar-refractivity contribution in [1.82, 2.24) is 9.99 Å². The molecule has 1 aliphatic heterocycles. The third kappa shape index (κ3) is 7.75. The molecule has 8 nitrogen and oxygen atoms in total. The lowest BCUT2D eigenvalue weighted by molar-refractivity contribution is -0.145. The van der Waals surface area contributed by atoms with Crippen molar-refractivity contribution in [2.45, 2.75) is 43.5 Å². The summed E-state index contributed by atoms with van der Waals surface area (Å²) in [5, 5.41) is 11.5. The summed E-state index contributed by atoms with van der Waals surface area (Å²) in [4.78, 5) is 36.1. The van der Waals surface area contributed by atoms with Crippen molar-refractivity contribution < 1.29 is 24.2 Å². The Balaban J connectivity index is 2.09. The normalized spacial score (nSPS) is 22.1. The lowest BCUT2D eigenvalue weighted by Crippen LogP contribution is -2.47. The van der Waals surface area contributed by atoms with Crippen LogP contribution in [0.25, 0.3) is 0 Å². The molecule has 1 amide bonds. The first-order valence-electron chi connectivity index (χ1n) is 9.82. The molecule has 10 heteroatoms. The van der Waals surface area contributed by atoms with Gasteiger partial charge in [0.2, 0.25) is 5.91 Å². The zero-order valence-corrected chi connectivity index (χ0v) is 18.1. The molecule has 1 aliphatic rings. The Labute approximate surface area is 175 Å². The monoisotopic (exact) mass is 443 g/mol. The predicted molar refractivity (Wildman–Crippen MR) is 115 cm³/mol. The number of nitrogens with one attached hydrogen (secondary N) is 1. The Bertz CT molecular complexity index is 721. The van der Waals surface area contributed by atoms with Gasteiger partial charge < -0.3 is 20.6 Å². The van der Waals surface area contributed by atoms with Crippen LogP contribution in [0, 0.1) is 0 Å². The molecule has 0 radical (unpaired) electrons. The summed E-state index contributed by atoms with van der Waals surface area (Å²) in [6, 6.07) is 8.36. The molecule has 1 saturated heterocycles. The number of thioether (sulfide) groups is 1. The summed E-state index contributed by atoms with van der Waals surface area (Å²) >= 11 is 1.47. The molecule has 1 aromatic carbocycles. The number of carbonyl (C=O) groups excluding carboxylic acids is 1. The van der Waals surface area contributed by atoms with Gasteiger partial charge in [-0.2, -0.15) is 0 Å². The molecule has 1 heterocycles. The van der Waals surface area contributed by atoms with Crippen molar-refractivity contribution in [3.63, 3.8) is 0 Å². The van der Waals surface area contributed by atoms with Gasteiger partial charge >= 0.3 is 5.97 Å². The number of benzene rings is 1. The Morgan fingerprint density at radius 3 is 2.59 bits per heavy atom. The SMILES string of the molecule is NCCCCCCP(=O)(O)NC1CCS[C@H](c2ccccc2)N(CC(=O)O)C1=O. The van der Waals surface area contributed by atoms with Gasteiger partial charge in [-0.25, -0.2) is 5.09 Å². The number of hydrogen-bond donors (Lipinski definition) is 4. The van der Waals surface area contributed by atoms with E-state index >= 15 is 0 Å². The van der Waals surface area contributed by atoms with E-state index in [4.69, 9.17) is 5.73 Å². The second kappa shape index (κ2) is 11.7. The number of amides is 1. The van der Waals surface area contributed by atoms with Crippen molar-refractivity contribution in [1.29, 1.82) is 0 Å². The number of nitrogens with zero attached hydrogens (tertiary/aromatic N) is 1. The highest BCUT2D eigenvalue weighted by Crippen LogP contribution is 2.41. The van der Waals surface area contributed by atoms with Crippen molar-refractivity contribution in [3.05, 3.63) is 35.9 Å². The van der Waals surface area contributed by atoms with E-state index in [0.717, 1.165) is 24.8 Å². The van der Waals surface area contributed by atoms with E-state index in [-0.39, 0.29) is 6.16 Å². The van der Waals surface area contributed by atoms with Crippen LogP contribution < -0.4 is 10.8 Å². The van der Waals surface area contributed by atoms with Crippen LogP contribution >= 0.6 is 19.3 Å². The summed E-state index contributed by atoms with van der Waals surface area (Å²) in [6.45, 7) is 0.143. The average molecular weight is 444 g/mol. The molecule has 5 N–H and O–H groups in total. The molecule has 29 heavy (non-hydrogen) atoms. The molecule has 0 saturated carbocycles. The fraction of sp³-hybridized carbons (Fsp3) is 0.579. The van der Waals surface area contributed by atoms with E-state index in [0.29, 0.717) is 25.1 Å². The van der Waals surface area contributed by atoms with Crippen molar-refractivity contribution in [2.24, 2.45) is 5.73 Å². The molecule has 0 bridgehead atoms. The number of nitrogens with two attached hydrogens (primary N) is 1. The van der Waals surface area contributed by atoms with Crippen LogP contribution in [-0.4, -0.2) is 57.8 Å². The Kier molecular flexibility index (Phi) is 9.65. The standard InChI is InChI=1S/C19H30N3O5PS/c20-11-6-1-2-7-12-28(26,27)21-16-10-13-29-19(15-8-4-3-5-9-15)22(18(16)25)14-17(23)24/h3-5,8-9,16,19H,1-2,6-7,10-14,20H2,(H,23,24)(H2,21,26,27)/t16?,19-/m1/s1. The van der Waals surface area contributed by atoms with E-state index in [1.165, 1.54) is 16.7 Å². The van der Waals surface area contributed by atoms with E-state index in [1.807, 2.05) is 30.3 Å². The zero-order chi connectivity index (χ0) is 21.3. The highest BCUT2D eigenvalue weighted by Gasteiger charge is 2.37. The molecule has 0 aromatic heterocycles. The third-order valence-corrected chi connectivity index (χ3v) is 7.66. The highest BCUT2D eigenvalue weighted by molar-refractivity contribution is 7.99. The van der Waals surface area contributed by atoms with E-state index in [2.05, 4.69) is 5.09 Å². The van der Waals surface area contributed by atoms with E-state index in [1.54, 1.807) is 0 Å². The number of aliphatic carboxylic acids is 1. The molecule has 0 aliphatic carbocycles. The smallest absolute Gasteiger partial charge is 0.323 e. The highest BCUT2D eigenvalue weighted by atomic mass is 32.2. The predicted octanol–water partition coefficient (Wildman–Crippen LogP) is 2.40. The topological polar surface area (TPSA) is 133 Å². The van der Waals surface area contributed by atoms with Gasteiger partial charge in [-0.1, -0.05) is 43.2 Å². The summed E-state index contributed by atoms with van der Waals surface area (Å²) in [6.07, 6.45) is 3.60. The lowest BCUT2D eigenvalue weighted by atomic mass is 10.1. The van der Waals surface area contributed by atoms with Gasteiger partial charge in [0, 0.05) is 6.16 Å². The third-order valence-electron chi connectivity index (χ3n) is 4.71. The van der Waals surface area contributed by atoms with Gasteiger partial charge in [-0.3, -0.25) is 14.2 Å². The fourth-order valence-electron chi connectivity index (χ4n) is 3.28. The van der Waals surface area contributed by atoms with Crippen LogP contribution in [0.15, 0.2) is 30.3 Å². The van der Waals surface area contributed by atoms with E-state index in [9.17, 15) is 24.2 Å². The quantitative estimate of drug-likeness (QED) is 0.303. The van der Waals surface area contributed by atoms with Crippen LogP contribution in [0.5, 0.6) is 0 Å². The minimum absolute atomic E-state index is 0.0789. The van der Waals surface area contributed by atoms with Crippen LogP contribution in [0.1, 0.15) is 43.0 Å². The number of carboxylic acids is 1. The van der Waals surface area contributed by atoms with Gasteiger partial charge in [0.25, 0.3) is 7.52 Å². The number of hydrogen-bond acceptors (Lipinski definition) is 5. The number of unbranched alkanes of at least 4 members (excludes halogenated alkanes) is 3. The second-order valence-electron chi connectivity index (χ2n) is 7.09. The lowest BCUT2D eigenvalue weighted by Gasteiger charge is -2.30. The zero-order valence-electron chi connectivity index (χ0n) is 16.4. The first-order valence-corrected chi connectivity index (χ1v) is 12.7. The van der Waals surface area contributed by atoms with Gasteiger partial charge in [0.05, 0.1) is 6.04 Å². The molecule has 0 spiro atoms. The fourth-order valence-corrected chi connectivity index (χ4v) is 6.09. The molecule has 3 atom stereocenters. The van der Waals surface area contributed by atoms with Gasteiger partial charge in [-0.05, 0) is 37.1 Å². The molecular formula is C19H30N3O5PS.